The zero-order chi connectivity index (χ0) is 22.2. The maximum absolute atomic E-state index is 5.57. The summed E-state index contributed by atoms with van der Waals surface area (Å²) in [6.07, 6.45) is 7.49. The molecule has 0 amide bonds. The first-order chi connectivity index (χ1) is 16.3. The lowest BCUT2D eigenvalue weighted by Crippen LogP contribution is -2.37. The van der Waals surface area contributed by atoms with Crippen LogP contribution in [-0.2, 0) is 16.5 Å². The Labute approximate surface area is 191 Å². The van der Waals surface area contributed by atoms with Crippen LogP contribution in [0.2, 0.25) is 0 Å². The molecule has 33 heavy (non-hydrogen) atoms. The zero-order valence-corrected chi connectivity index (χ0v) is 18.6. The van der Waals surface area contributed by atoms with Crippen LogP contribution in [0, 0.1) is 0 Å². The summed E-state index contributed by atoms with van der Waals surface area (Å²) in [7, 11) is 1.99. The Bertz CT molecular complexity index is 1260. The number of pyridine rings is 1. The van der Waals surface area contributed by atoms with Gasteiger partial charge in [0.05, 0.1) is 18.9 Å². The molecule has 2 aliphatic heterocycles. The minimum atomic E-state index is 0.414. The summed E-state index contributed by atoms with van der Waals surface area (Å²) in [5.41, 5.74) is 3.61. The van der Waals surface area contributed by atoms with Crippen molar-refractivity contribution in [2.75, 3.05) is 44.4 Å². The topological polar surface area (TPSA) is 96.0 Å². The number of hydrogen-bond acceptors (Lipinski definition) is 8. The largest absolute Gasteiger partial charge is 0.381 e. The fourth-order valence-electron chi connectivity index (χ4n) is 4.55. The molecule has 6 rings (SSSR count). The summed E-state index contributed by atoms with van der Waals surface area (Å²) in [6, 6.07) is 5.98. The first-order valence-electron chi connectivity index (χ1n) is 11.4. The highest BCUT2D eigenvalue weighted by atomic mass is 16.5. The Morgan fingerprint density at radius 3 is 2.45 bits per heavy atom. The standard InChI is InChI=1S/C23H26N8O2/c1-29-20(17-2-7-24-8-3-17)25-19-21(29)26-23(27-22(19)30-10-14-33-15-11-30)31-9-4-18(28-31)16-5-12-32-13-6-16/h2-4,7-9,16H,5-6,10-15H2,1H3. The molecule has 0 unspecified atom stereocenters. The molecule has 0 bridgehead atoms. The highest BCUT2D eigenvalue weighted by Gasteiger charge is 2.24. The molecule has 0 aliphatic carbocycles. The number of rotatable bonds is 4. The van der Waals surface area contributed by atoms with Crippen molar-refractivity contribution in [2.45, 2.75) is 18.8 Å². The number of nitrogens with zero attached hydrogens (tertiary/aromatic N) is 8. The van der Waals surface area contributed by atoms with Gasteiger partial charge in [-0.15, -0.1) is 0 Å². The van der Waals surface area contributed by atoms with Gasteiger partial charge < -0.3 is 18.9 Å². The van der Waals surface area contributed by atoms with Crippen molar-refractivity contribution in [3.63, 3.8) is 0 Å². The normalized spacial score (nSPS) is 17.7. The van der Waals surface area contributed by atoms with Gasteiger partial charge in [0.25, 0.3) is 5.95 Å². The maximum Gasteiger partial charge on any atom is 0.254 e. The van der Waals surface area contributed by atoms with Crippen LogP contribution in [0.1, 0.15) is 24.5 Å². The smallest absolute Gasteiger partial charge is 0.254 e. The molecule has 4 aromatic heterocycles. The Morgan fingerprint density at radius 1 is 0.909 bits per heavy atom. The van der Waals surface area contributed by atoms with E-state index >= 15 is 0 Å². The van der Waals surface area contributed by atoms with Gasteiger partial charge in [-0.25, -0.2) is 9.67 Å². The van der Waals surface area contributed by atoms with Gasteiger partial charge in [-0.05, 0) is 31.0 Å². The minimum absolute atomic E-state index is 0.414. The lowest BCUT2D eigenvalue weighted by Gasteiger charge is -2.28. The van der Waals surface area contributed by atoms with E-state index in [-0.39, 0.29) is 0 Å². The van der Waals surface area contributed by atoms with Crippen LogP contribution in [0.5, 0.6) is 0 Å². The van der Waals surface area contributed by atoms with E-state index in [1.165, 1.54) is 0 Å². The molecule has 0 saturated carbocycles. The first-order valence-corrected chi connectivity index (χ1v) is 11.4. The predicted molar refractivity (Wildman–Crippen MR) is 122 cm³/mol. The van der Waals surface area contributed by atoms with Crippen molar-refractivity contribution in [1.82, 2.24) is 34.3 Å². The maximum atomic E-state index is 5.57. The first kappa shape index (κ1) is 20.3. The third-order valence-electron chi connectivity index (χ3n) is 6.39. The molecule has 10 heteroatoms. The Kier molecular flexibility index (Phi) is 5.23. The van der Waals surface area contributed by atoms with E-state index in [4.69, 9.17) is 29.5 Å². The summed E-state index contributed by atoms with van der Waals surface area (Å²) in [5, 5.41) is 4.85. The van der Waals surface area contributed by atoms with E-state index in [1.54, 1.807) is 17.1 Å². The van der Waals surface area contributed by atoms with Crippen LogP contribution in [0.4, 0.5) is 5.82 Å². The summed E-state index contributed by atoms with van der Waals surface area (Å²) >= 11 is 0. The molecule has 4 aromatic rings. The highest BCUT2D eigenvalue weighted by Crippen LogP contribution is 2.30. The summed E-state index contributed by atoms with van der Waals surface area (Å²) in [4.78, 5) is 21.2. The molecule has 0 spiro atoms. The van der Waals surface area contributed by atoms with E-state index in [9.17, 15) is 0 Å². The third-order valence-corrected chi connectivity index (χ3v) is 6.39. The second-order valence-electron chi connectivity index (χ2n) is 8.42. The monoisotopic (exact) mass is 446 g/mol. The minimum Gasteiger partial charge on any atom is -0.381 e. The quantitative estimate of drug-likeness (QED) is 0.471. The molecule has 0 aromatic carbocycles. The molecule has 2 saturated heterocycles. The highest BCUT2D eigenvalue weighted by molar-refractivity contribution is 5.87. The van der Waals surface area contributed by atoms with Gasteiger partial charge in [0.2, 0.25) is 0 Å². The predicted octanol–water partition coefficient (Wildman–Crippen LogP) is 2.34. The van der Waals surface area contributed by atoms with E-state index in [2.05, 4.69) is 16.0 Å². The lowest BCUT2D eigenvalue weighted by atomic mass is 9.97. The number of ether oxygens (including phenoxy) is 2. The SMILES string of the molecule is Cn1c(-c2ccncc2)nc2c(N3CCOCC3)nc(-n3ccc(C4CCOCC4)n3)nc21. The van der Waals surface area contributed by atoms with Crippen molar-refractivity contribution in [1.29, 1.82) is 0 Å². The van der Waals surface area contributed by atoms with Crippen LogP contribution < -0.4 is 4.90 Å². The molecule has 6 heterocycles. The van der Waals surface area contributed by atoms with E-state index < -0.39 is 0 Å². The number of imidazole rings is 1. The fraction of sp³-hybridized carbons (Fsp3) is 0.435. The van der Waals surface area contributed by atoms with Crippen LogP contribution >= 0.6 is 0 Å². The van der Waals surface area contributed by atoms with Gasteiger partial charge in [0, 0.05) is 63.4 Å². The Balaban J connectivity index is 1.47. The second-order valence-corrected chi connectivity index (χ2v) is 8.42. The van der Waals surface area contributed by atoms with E-state index in [0.717, 1.165) is 73.2 Å². The van der Waals surface area contributed by atoms with Gasteiger partial charge in [-0.1, -0.05) is 0 Å². The third kappa shape index (κ3) is 3.75. The Morgan fingerprint density at radius 2 is 1.67 bits per heavy atom. The second kappa shape index (κ2) is 8.53. The summed E-state index contributed by atoms with van der Waals surface area (Å²) < 4.78 is 14.9. The average molecular weight is 447 g/mol. The fourth-order valence-corrected chi connectivity index (χ4v) is 4.55. The van der Waals surface area contributed by atoms with Gasteiger partial charge in [0.15, 0.2) is 17.0 Å². The molecule has 0 N–H and O–H groups in total. The van der Waals surface area contributed by atoms with Crippen molar-refractivity contribution < 1.29 is 9.47 Å². The van der Waals surface area contributed by atoms with Crippen LogP contribution in [-0.4, -0.2) is 73.8 Å². The van der Waals surface area contributed by atoms with Gasteiger partial charge >= 0.3 is 0 Å². The zero-order valence-electron chi connectivity index (χ0n) is 18.6. The average Bonchev–Trinajstić information content (AvgIpc) is 3.51. The molecule has 0 radical (unpaired) electrons. The number of hydrogen-bond donors (Lipinski definition) is 0. The molecule has 2 fully saturated rings. The van der Waals surface area contributed by atoms with E-state index in [0.29, 0.717) is 25.1 Å². The van der Waals surface area contributed by atoms with Crippen LogP contribution in [0.15, 0.2) is 36.8 Å². The molecule has 0 atom stereocenters. The number of morpholine rings is 1. The van der Waals surface area contributed by atoms with Crippen LogP contribution in [0.3, 0.4) is 0 Å². The number of aryl methyl sites for hydroxylation is 1. The molecular formula is C23H26N8O2. The number of anilines is 1. The van der Waals surface area contributed by atoms with Crippen molar-refractivity contribution in [2.24, 2.45) is 7.05 Å². The molecule has 10 nitrogen and oxygen atoms in total. The molecular weight excluding hydrogens is 420 g/mol. The molecule has 170 valence electrons. The lowest BCUT2D eigenvalue weighted by molar-refractivity contribution is 0.0844. The van der Waals surface area contributed by atoms with Gasteiger partial charge in [-0.3, -0.25) is 4.98 Å². The number of fused-ring (bicyclic) bond motifs is 1. The van der Waals surface area contributed by atoms with Gasteiger partial charge in [-0.2, -0.15) is 15.1 Å². The van der Waals surface area contributed by atoms with Gasteiger partial charge in [0.1, 0.15) is 5.82 Å². The summed E-state index contributed by atoms with van der Waals surface area (Å²) in [5.74, 6) is 2.61. The molecule has 2 aliphatic rings. The van der Waals surface area contributed by atoms with E-state index in [1.807, 2.05) is 29.9 Å². The van der Waals surface area contributed by atoms with Crippen molar-refractivity contribution in [3.05, 3.63) is 42.5 Å². The Hall–Kier alpha value is -3.37. The number of aromatic nitrogens is 7. The van der Waals surface area contributed by atoms with Crippen molar-refractivity contribution in [3.8, 4) is 17.3 Å². The van der Waals surface area contributed by atoms with Crippen LogP contribution in [0.25, 0.3) is 28.5 Å². The summed E-state index contributed by atoms with van der Waals surface area (Å²) in [6.45, 7) is 4.43. The van der Waals surface area contributed by atoms with Crippen molar-refractivity contribution >= 4 is 17.0 Å².